The minimum atomic E-state index is -0.913. The molecule has 0 amide bonds. The zero-order valence-corrected chi connectivity index (χ0v) is 8.72. The summed E-state index contributed by atoms with van der Waals surface area (Å²) in [7, 11) is 0. The molecule has 0 saturated carbocycles. The summed E-state index contributed by atoms with van der Waals surface area (Å²) in [6, 6.07) is 1.78. The second-order valence-corrected chi connectivity index (χ2v) is 3.64. The largest absolute Gasteiger partial charge is 0.480 e. The summed E-state index contributed by atoms with van der Waals surface area (Å²) in [4.78, 5) is 18.5. The van der Waals surface area contributed by atoms with Crippen molar-refractivity contribution in [2.45, 2.75) is 12.3 Å². The summed E-state index contributed by atoms with van der Waals surface area (Å²) >= 11 is 0. The maximum atomic E-state index is 10.4. The van der Waals surface area contributed by atoms with Crippen molar-refractivity contribution >= 4 is 11.8 Å². The molecule has 1 fully saturated rings. The molecule has 2 rings (SSSR count). The van der Waals surface area contributed by atoms with E-state index in [9.17, 15) is 4.79 Å². The molecule has 0 spiro atoms. The van der Waals surface area contributed by atoms with E-state index in [2.05, 4.69) is 15.3 Å². The third kappa shape index (κ3) is 2.66. The van der Waals surface area contributed by atoms with Crippen LogP contribution in [-0.2, 0) is 9.53 Å². The second kappa shape index (κ2) is 4.89. The van der Waals surface area contributed by atoms with Gasteiger partial charge in [-0.3, -0.25) is 4.79 Å². The van der Waals surface area contributed by atoms with Crippen LogP contribution in [0.4, 0.5) is 5.82 Å². The molecule has 1 unspecified atom stereocenters. The zero-order valence-electron chi connectivity index (χ0n) is 8.72. The highest BCUT2D eigenvalue weighted by molar-refractivity contribution is 5.72. The van der Waals surface area contributed by atoms with Crippen LogP contribution in [0, 0.1) is 0 Å². The van der Waals surface area contributed by atoms with Crippen molar-refractivity contribution in [1.29, 1.82) is 0 Å². The van der Waals surface area contributed by atoms with Gasteiger partial charge in [0.05, 0.1) is 12.3 Å². The summed E-state index contributed by atoms with van der Waals surface area (Å²) < 4.78 is 5.27. The molecule has 1 aromatic heterocycles. The van der Waals surface area contributed by atoms with Gasteiger partial charge in [0, 0.05) is 18.6 Å². The monoisotopic (exact) mass is 223 g/mol. The quantitative estimate of drug-likeness (QED) is 0.772. The van der Waals surface area contributed by atoms with Crippen LogP contribution in [0.2, 0.25) is 0 Å². The SMILES string of the molecule is O=C(O)CNc1cc(C2CCOC2)ncn1. The molecule has 1 saturated heterocycles. The molecule has 6 heteroatoms. The number of nitrogens with one attached hydrogen (secondary N) is 1. The Morgan fingerprint density at radius 1 is 1.62 bits per heavy atom. The van der Waals surface area contributed by atoms with Crippen LogP contribution in [0.15, 0.2) is 12.4 Å². The Hall–Kier alpha value is -1.69. The van der Waals surface area contributed by atoms with Gasteiger partial charge in [0.2, 0.25) is 0 Å². The van der Waals surface area contributed by atoms with Crippen LogP contribution < -0.4 is 5.32 Å². The van der Waals surface area contributed by atoms with Crippen LogP contribution in [-0.4, -0.2) is 40.8 Å². The highest BCUT2D eigenvalue weighted by Crippen LogP contribution is 2.24. The van der Waals surface area contributed by atoms with Crippen molar-refractivity contribution in [3.8, 4) is 0 Å². The summed E-state index contributed by atoms with van der Waals surface area (Å²) in [5, 5.41) is 11.2. The van der Waals surface area contributed by atoms with Crippen LogP contribution in [0.3, 0.4) is 0 Å². The summed E-state index contributed by atoms with van der Waals surface area (Å²) in [6.07, 6.45) is 2.40. The Morgan fingerprint density at radius 2 is 2.50 bits per heavy atom. The van der Waals surface area contributed by atoms with Gasteiger partial charge in [0.1, 0.15) is 18.7 Å². The molecule has 0 bridgehead atoms. The van der Waals surface area contributed by atoms with E-state index < -0.39 is 5.97 Å². The van der Waals surface area contributed by atoms with Crippen LogP contribution in [0.25, 0.3) is 0 Å². The number of carbonyl (C=O) groups is 1. The summed E-state index contributed by atoms with van der Waals surface area (Å²) in [5.41, 5.74) is 0.903. The number of carboxylic acids is 1. The molecule has 2 N–H and O–H groups in total. The van der Waals surface area contributed by atoms with Gasteiger partial charge in [-0.2, -0.15) is 0 Å². The lowest BCUT2D eigenvalue weighted by Gasteiger charge is -2.08. The first-order chi connectivity index (χ1) is 7.75. The second-order valence-electron chi connectivity index (χ2n) is 3.64. The lowest BCUT2D eigenvalue weighted by molar-refractivity contribution is -0.134. The Kier molecular flexibility index (Phi) is 3.31. The van der Waals surface area contributed by atoms with E-state index >= 15 is 0 Å². The Labute approximate surface area is 92.7 Å². The van der Waals surface area contributed by atoms with Crippen LogP contribution >= 0.6 is 0 Å². The Morgan fingerprint density at radius 3 is 3.19 bits per heavy atom. The fourth-order valence-corrected chi connectivity index (χ4v) is 1.63. The van der Waals surface area contributed by atoms with E-state index in [1.807, 2.05) is 0 Å². The fraction of sp³-hybridized carbons (Fsp3) is 0.500. The lowest BCUT2D eigenvalue weighted by atomic mass is 10.1. The van der Waals surface area contributed by atoms with Gasteiger partial charge in [-0.15, -0.1) is 0 Å². The third-order valence-electron chi connectivity index (χ3n) is 2.46. The van der Waals surface area contributed by atoms with Crippen molar-refractivity contribution in [2.75, 3.05) is 25.1 Å². The molecular formula is C10H13N3O3. The molecule has 2 heterocycles. The third-order valence-corrected chi connectivity index (χ3v) is 2.46. The number of hydrogen-bond donors (Lipinski definition) is 2. The predicted octanol–water partition coefficient (Wildman–Crippen LogP) is 0.477. The van der Waals surface area contributed by atoms with Crippen molar-refractivity contribution < 1.29 is 14.6 Å². The Balaban J connectivity index is 2.03. The minimum absolute atomic E-state index is 0.141. The summed E-state index contributed by atoms with van der Waals surface area (Å²) in [5.74, 6) is -0.0722. The van der Waals surface area contributed by atoms with Gasteiger partial charge in [0.25, 0.3) is 0 Å². The number of rotatable bonds is 4. The van der Waals surface area contributed by atoms with Crippen molar-refractivity contribution in [3.05, 3.63) is 18.1 Å². The van der Waals surface area contributed by atoms with E-state index in [1.54, 1.807) is 6.07 Å². The topological polar surface area (TPSA) is 84.3 Å². The van der Waals surface area contributed by atoms with Crippen LogP contribution in [0.5, 0.6) is 0 Å². The number of ether oxygens (including phenoxy) is 1. The predicted molar refractivity (Wildman–Crippen MR) is 56.3 cm³/mol. The molecule has 0 radical (unpaired) electrons. The van der Waals surface area contributed by atoms with E-state index in [1.165, 1.54) is 6.33 Å². The van der Waals surface area contributed by atoms with Gasteiger partial charge >= 0.3 is 5.97 Å². The molecule has 0 aliphatic carbocycles. The fourth-order valence-electron chi connectivity index (χ4n) is 1.63. The number of carboxylic acid groups (broad SMARTS) is 1. The average molecular weight is 223 g/mol. The molecule has 1 atom stereocenters. The minimum Gasteiger partial charge on any atom is -0.480 e. The molecule has 6 nitrogen and oxygen atoms in total. The number of aromatic nitrogens is 2. The van der Waals surface area contributed by atoms with E-state index in [0.29, 0.717) is 18.3 Å². The standard InChI is InChI=1S/C10H13N3O3/c14-10(15)4-11-9-3-8(12-6-13-9)7-1-2-16-5-7/h3,6-7H,1-2,4-5H2,(H,14,15)(H,11,12,13). The molecule has 1 aliphatic heterocycles. The maximum absolute atomic E-state index is 10.4. The van der Waals surface area contributed by atoms with Crippen LogP contribution in [0.1, 0.15) is 18.0 Å². The number of aliphatic carboxylic acids is 1. The van der Waals surface area contributed by atoms with Gasteiger partial charge < -0.3 is 15.2 Å². The normalized spacial score (nSPS) is 19.6. The van der Waals surface area contributed by atoms with Gasteiger partial charge in [0.15, 0.2) is 0 Å². The van der Waals surface area contributed by atoms with Crippen molar-refractivity contribution in [3.63, 3.8) is 0 Å². The van der Waals surface area contributed by atoms with Crippen molar-refractivity contribution in [1.82, 2.24) is 9.97 Å². The highest BCUT2D eigenvalue weighted by atomic mass is 16.5. The van der Waals surface area contributed by atoms with E-state index in [-0.39, 0.29) is 6.54 Å². The van der Waals surface area contributed by atoms with E-state index in [0.717, 1.165) is 18.7 Å². The molecular weight excluding hydrogens is 210 g/mol. The van der Waals surface area contributed by atoms with Gasteiger partial charge in [-0.05, 0) is 6.42 Å². The maximum Gasteiger partial charge on any atom is 0.322 e. The first-order valence-corrected chi connectivity index (χ1v) is 5.11. The first-order valence-electron chi connectivity index (χ1n) is 5.11. The highest BCUT2D eigenvalue weighted by Gasteiger charge is 2.19. The van der Waals surface area contributed by atoms with Gasteiger partial charge in [-0.25, -0.2) is 9.97 Å². The lowest BCUT2D eigenvalue weighted by Crippen LogP contribution is -2.14. The number of hydrogen-bond acceptors (Lipinski definition) is 5. The molecule has 0 aromatic carbocycles. The average Bonchev–Trinajstić information content (AvgIpc) is 2.80. The molecule has 1 aromatic rings. The first kappa shape index (κ1) is 10.8. The zero-order chi connectivity index (χ0) is 11.4. The number of anilines is 1. The molecule has 1 aliphatic rings. The van der Waals surface area contributed by atoms with Gasteiger partial charge in [-0.1, -0.05) is 0 Å². The smallest absolute Gasteiger partial charge is 0.322 e. The summed E-state index contributed by atoms with van der Waals surface area (Å²) in [6.45, 7) is 1.29. The molecule has 16 heavy (non-hydrogen) atoms. The van der Waals surface area contributed by atoms with Crippen molar-refractivity contribution in [2.24, 2.45) is 0 Å². The molecule has 86 valence electrons. The number of nitrogens with zero attached hydrogens (tertiary/aromatic N) is 2. The Bertz CT molecular complexity index is 377. The van der Waals surface area contributed by atoms with E-state index in [4.69, 9.17) is 9.84 Å².